The average molecular weight is 190 g/mol. The molecule has 0 radical (unpaired) electrons. The number of ether oxygens (including phenoxy) is 1. The third-order valence-corrected chi connectivity index (χ3v) is 2.63. The molecule has 1 unspecified atom stereocenters. The predicted octanol–water partition coefficient (Wildman–Crippen LogP) is 2.18. The van der Waals surface area contributed by atoms with Gasteiger partial charge in [-0.1, -0.05) is 30.3 Å². The molecule has 2 heteroatoms. The number of rotatable bonds is 4. The van der Waals surface area contributed by atoms with Crippen LogP contribution >= 0.6 is 0 Å². The van der Waals surface area contributed by atoms with Crippen molar-refractivity contribution in [2.24, 2.45) is 5.92 Å². The monoisotopic (exact) mass is 190 g/mol. The lowest BCUT2D eigenvalue weighted by molar-refractivity contribution is -0.132. The maximum absolute atomic E-state index is 11.0. The van der Waals surface area contributed by atoms with Crippen molar-refractivity contribution in [2.75, 3.05) is 6.61 Å². The highest BCUT2D eigenvalue weighted by atomic mass is 16.5. The normalized spacial score (nSPS) is 20.6. The second-order valence-electron chi connectivity index (χ2n) is 3.70. The first kappa shape index (κ1) is 9.41. The summed E-state index contributed by atoms with van der Waals surface area (Å²) in [6.45, 7) is 1.21. The van der Waals surface area contributed by atoms with Gasteiger partial charge in [-0.3, -0.25) is 4.79 Å². The molecule has 1 aliphatic carbocycles. The quantitative estimate of drug-likeness (QED) is 0.727. The summed E-state index contributed by atoms with van der Waals surface area (Å²) in [4.78, 5) is 11.0. The summed E-state index contributed by atoms with van der Waals surface area (Å²) < 4.78 is 5.47. The van der Waals surface area contributed by atoms with E-state index in [1.165, 1.54) is 5.56 Å². The number of benzene rings is 1. The summed E-state index contributed by atoms with van der Waals surface area (Å²) in [5.41, 5.74) is 1.17. The molecule has 1 aliphatic rings. The fourth-order valence-corrected chi connectivity index (χ4v) is 1.54. The van der Waals surface area contributed by atoms with Gasteiger partial charge in [-0.2, -0.15) is 0 Å². The molecule has 0 aromatic heterocycles. The van der Waals surface area contributed by atoms with Gasteiger partial charge in [-0.25, -0.2) is 0 Å². The molecule has 1 aromatic carbocycles. The molecule has 74 valence electrons. The fraction of sp³-hybridized carbons (Fsp3) is 0.417. The van der Waals surface area contributed by atoms with E-state index in [4.69, 9.17) is 4.74 Å². The Balaban J connectivity index is 1.70. The molecule has 0 N–H and O–H groups in total. The van der Waals surface area contributed by atoms with E-state index >= 15 is 0 Å². The number of Topliss-reactive ketones (excluding diaryl/α,β-unsaturated/α-hetero) is 1. The summed E-state index contributed by atoms with van der Waals surface area (Å²) in [7, 11) is 0. The summed E-state index contributed by atoms with van der Waals surface area (Å²) in [5, 5.41) is 0. The van der Waals surface area contributed by atoms with Crippen LogP contribution in [0.15, 0.2) is 30.3 Å². The van der Waals surface area contributed by atoms with Crippen molar-refractivity contribution < 1.29 is 9.53 Å². The van der Waals surface area contributed by atoms with E-state index in [2.05, 4.69) is 0 Å². The van der Waals surface area contributed by atoms with E-state index in [1.54, 1.807) is 0 Å². The topological polar surface area (TPSA) is 26.3 Å². The molecular weight excluding hydrogens is 176 g/mol. The van der Waals surface area contributed by atoms with Gasteiger partial charge in [0.25, 0.3) is 0 Å². The number of hydrogen-bond acceptors (Lipinski definition) is 2. The van der Waals surface area contributed by atoms with Crippen molar-refractivity contribution in [3.05, 3.63) is 35.9 Å². The van der Waals surface area contributed by atoms with Crippen LogP contribution in [-0.4, -0.2) is 12.4 Å². The maximum Gasteiger partial charge on any atom is 0.138 e. The number of carbonyl (C=O) groups is 1. The minimum atomic E-state index is 0.179. The highest BCUT2D eigenvalue weighted by molar-refractivity contribution is 5.86. The second-order valence-corrected chi connectivity index (χ2v) is 3.70. The Morgan fingerprint density at radius 1 is 1.29 bits per heavy atom. The molecule has 0 aliphatic heterocycles. The summed E-state index contributed by atoms with van der Waals surface area (Å²) in [5.74, 6) is 0.539. The molecule has 2 nitrogen and oxygen atoms in total. The van der Waals surface area contributed by atoms with Gasteiger partial charge in [0.15, 0.2) is 0 Å². The lowest BCUT2D eigenvalue weighted by Gasteiger charge is -2.23. The first-order valence-electron chi connectivity index (χ1n) is 5.00. The predicted molar refractivity (Wildman–Crippen MR) is 53.8 cm³/mol. The molecule has 2 rings (SSSR count). The standard InChI is InChI=1S/C12H14O2/c13-12-7-6-11(12)9-14-8-10-4-2-1-3-5-10/h1-5,11H,6-9H2. The second kappa shape index (κ2) is 4.38. The van der Waals surface area contributed by atoms with Gasteiger partial charge < -0.3 is 4.74 Å². The van der Waals surface area contributed by atoms with E-state index in [0.29, 0.717) is 19.0 Å². The first-order valence-corrected chi connectivity index (χ1v) is 5.00. The van der Waals surface area contributed by atoms with Gasteiger partial charge in [0.05, 0.1) is 13.2 Å². The Morgan fingerprint density at radius 2 is 2.07 bits per heavy atom. The van der Waals surface area contributed by atoms with E-state index in [-0.39, 0.29) is 5.92 Å². The molecule has 0 amide bonds. The van der Waals surface area contributed by atoms with Crippen LogP contribution in [-0.2, 0) is 16.1 Å². The third kappa shape index (κ3) is 2.20. The summed E-state index contributed by atoms with van der Waals surface area (Å²) >= 11 is 0. The lowest BCUT2D eigenvalue weighted by atomic mass is 9.85. The van der Waals surface area contributed by atoms with Crippen LogP contribution < -0.4 is 0 Å². The van der Waals surface area contributed by atoms with Crippen LogP contribution in [0.25, 0.3) is 0 Å². The van der Waals surface area contributed by atoms with Gasteiger partial charge in [0, 0.05) is 12.3 Å². The van der Waals surface area contributed by atoms with Crippen LogP contribution in [0, 0.1) is 5.92 Å². The molecule has 0 spiro atoms. The molecule has 0 bridgehead atoms. The third-order valence-electron chi connectivity index (χ3n) is 2.63. The van der Waals surface area contributed by atoms with Crippen molar-refractivity contribution in [1.29, 1.82) is 0 Å². The Morgan fingerprint density at radius 3 is 2.64 bits per heavy atom. The number of hydrogen-bond donors (Lipinski definition) is 0. The van der Waals surface area contributed by atoms with E-state index in [9.17, 15) is 4.79 Å². The Kier molecular flexibility index (Phi) is 2.94. The number of carbonyl (C=O) groups excluding carboxylic acids is 1. The van der Waals surface area contributed by atoms with Crippen LogP contribution in [0.3, 0.4) is 0 Å². The van der Waals surface area contributed by atoms with Gasteiger partial charge in [0.2, 0.25) is 0 Å². The molecule has 1 fully saturated rings. The fourth-order valence-electron chi connectivity index (χ4n) is 1.54. The van der Waals surface area contributed by atoms with Crippen LogP contribution in [0.4, 0.5) is 0 Å². The highest BCUT2D eigenvalue weighted by Crippen LogP contribution is 2.22. The van der Waals surface area contributed by atoms with Gasteiger partial charge in [-0.15, -0.1) is 0 Å². The van der Waals surface area contributed by atoms with Crippen molar-refractivity contribution in [2.45, 2.75) is 19.4 Å². The van der Waals surface area contributed by atoms with E-state index in [1.807, 2.05) is 30.3 Å². The van der Waals surface area contributed by atoms with Gasteiger partial charge in [-0.05, 0) is 12.0 Å². The van der Waals surface area contributed by atoms with E-state index < -0.39 is 0 Å². The van der Waals surface area contributed by atoms with E-state index in [0.717, 1.165) is 12.8 Å². The molecule has 0 heterocycles. The maximum atomic E-state index is 11.0. The largest absolute Gasteiger partial charge is 0.376 e. The lowest BCUT2D eigenvalue weighted by Crippen LogP contribution is -2.29. The molecule has 0 saturated heterocycles. The Hall–Kier alpha value is -1.15. The van der Waals surface area contributed by atoms with Gasteiger partial charge >= 0.3 is 0 Å². The SMILES string of the molecule is O=C1CCC1COCc1ccccc1. The zero-order valence-corrected chi connectivity index (χ0v) is 8.11. The molecule has 1 atom stereocenters. The van der Waals surface area contributed by atoms with Crippen molar-refractivity contribution in [3.63, 3.8) is 0 Å². The molecular formula is C12H14O2. The zero-order valence-electron chi connectivity index (χ0n) is 8.11. The molecule has 14 heavy (non-hydrogen) atoms. The summed E-state index contributed by atoms with van der Waals surface area (Å²) in [6, 6.07) is 10.0. The van der Waals surface area contributed by atoms with Crippen LogP contribution in [0.1, 0.15) is 18.4 Å². The summed E-state index contributed by atoms with van der Waals surface area (Å²) in [6.07, 6.45) is 1.76. The van der Waals surface area contributed by atoms with Gasteiger partial charge in [0.1, 0.15) is 5.78 Å². The Labute approximate surface area is 83.9 Å². The van der Waals surface area contributed by atoms with Crippen molar-refractivity contribution in [1.82, 2.24) is 0 Å². The minimum absolute atomic E-state index is 0.179. The number of ketones is 1. The van der Waals surface area contributed by atoms with Crippen LogP contribution in [0.5, 0.6) is 0 Å². The first-order chi connectivity index (χ1) is 6.86. The van der Waals surface area contributed by atoms with Crippen molar-refractivity contribution in [3.8, 4) is 0 Å². The molecule has 1 saturated carbocycles. The molecule has 1 aromatic rings. The van der Waals surface area contributed by atoms with Crippen molar-refractivity contribution >= 4 is 5.78 Å². The smallest absolute Gasteiger partial charge is 0.138 e. The van der Waals surface area contributed by atoms with Crippen LogP contribution in [0.2, 0.25) is 0 Å². The zero-order chi connectivity index (χ0) is 9.80. The highest BCUT2D eigenvalue weighted by Gasteiger charge is 2.27. The average Bonchev–Trinajstić information content (AvgIpc) is 2.24. The minimum Gasteiger partial charge on any atom is -0.376 e. The Bertz CT molecular complexity index is 305.